The molecular weight excluding hydrogens is 300 g/mol. The lowest BCUT2D eigenvalue weighted by molar-refractivity contribution is -0.148. The lowest BCUT2D eigenvalue weighted by Gasteiger charge is -2.18. The molecule has 0 radical (unpaired) electrons. The number of benzene rings is 1. The monoisotopic (exact) mass is 320 g/mol. The van der Waals surface area contributed by atoms with Crippen LogP contribution in [-0.2, 0) is 9.53 Å². The molecule has 0 saturated heterocycles. The summed E-state index contributed by atoms with van der Waals surface area (Å²) in [6.45, 7) is 3.39. The lowest BCUT2D eigenvalue weighted by Crippen LogP contribution is -2.43. The molecule has 0 aromatic heterocycles. The van der Waals surface area contributed by atoms with Crippen molar-refractivity contribution in [2.45, 2.75) is 32.4 Å². The number of aryl methyl sites for hydroxylation is 1. The second-order valence-corrected chi connectivity index (χ2v) is 5.87. The molecule has 1 amide bonds. The van der Waals surface area contributed by atoms with Gasteiger partial charge in [0.1, 0.15) is 12.1 Å². The molecule has 0 saturated carbocycles. The van der Waals surface area contributed by atoms with E-state index in [9.17, 15) is 9.59 Å². The van der Waals surface area contributed by atoms with Gasteiger partial charge in [-0.15, -0.1) is 0 Å². The van der Waals surface area contributed by atoms with E-state index in [1.54, 1.807) is 30.0 Å². The summed E-state index contributed by atoms with van der Waals surface area (Å²) < 4.78 is 5.00. The molecule has 0 fully saturated rings. The van der Waals surface area contributed by atoms with Gasteiger partial charge in [0.2, 0.25) is 0 Å². The van der Waals surface area contributed by atoms with Gasteiger partial charge in [-0.25, -0.2) is 4.79 Å². The molecule has 0 aliphatic heterocycles. The molecule has 0 bridgehead atoms. The maximum absolute atomic E-state index is 12.2. The van der Waals surface area contributed by atoms with Crippen LogP contribution in [0.5, 0.6) is 0 Å². The van der Waals surface area contributed by atoms with Crippen LogP contribution >= 0.6 is 11.8 Å². The quantitative estimate of drug-likeness (QED) is 0.780. The van der Waals surface area contributed by atoms with Crippen LogP contribution in [0.15, 0.2) is 24.3 Å². The topological polar surface area (TPSA) is 79.2 Å². The maximum atomic E-state index is 12.2. The summed E-state index contributed by atoms with van der Waals surface area (Å²) in [4.78, 5) is 24.3. The molecule has 6 heteroatoms. The first-order valence-electron chi connectivity index (χ1n) is 6.94. The van der Waals surface area contributed by atoms with Crippen molar-refractivity contribution in [1.29, 1.82) is 5.26 Å². The van der Waals surface area contributed by atoms with Crippen molar-refractivity contribution in [3.63, 3.8) is 0 Å². The van der Waals surface area contributed by atoms with Crippen molar-refractivity contribution in [3.05, 3.63) is 35.4 Å². The molecule has 2 atom stereocenters. The third kappa shape index (κ3) is 5.78. The van der Waals surface area contributed by atoms with E-state index in [1.165, 1.54) is 6.92 Å². The van der Waals surface area contributed by atoms with E-state index in [4.69, 9.17) is 10.00 Å². The Morgan fingerprint density at radius 1 is 1.45 bits per heavy atom. The number of hydrogen-bond donors (Lipinski definition) is 1. The van der Waals surface area contributed by atoms with E-state index in [0.717, 1.165) is 5.56 Å². The molecule has 5 nitrogen and oxygen atoms in total. The highest BCUT2D eigenvalue weighted by Gasteiger charge is 2.24. The number of rotatable bonds is 7. The Labute approximate surface area is 135 Å². The predicted octanol–water partition coefficient (Wildman–Crippen LogP) is 2.30. The number of thioether (sulfide) groups is 1. The van der Waals surface area contributed by atoms with Gasteiger partial charge in [-0.05, 0) is 44.4 Å². The molecule has 0 spiro atoms. The van der Waals surface area contributed by atoms with Gasteiger partial charge in [0.15, 0.2) is 6.10 Å². The first kappa shape index (κ1) is 18.1. The average Bonchev–Trinajstić information content (AvgIpc) is 2.50. The number of esters is 1. The normalized spacial score (nSPS) is 12.8. The Balaban J connectivity index is 2.77. The van der Waals surface area contributed by atoms with Gasteiger partial charge in [-0.3, -0.25) is 4.79 Å². The first-order valence-corrected chi connectivity index (χ1v) is 8.34. The zero-order chi connectivity index (χ0) is 16.5. The third-order valence-electron chi connectivity index (χ3n) is 2.96. The number of ether oxygens (including phenoxy) is 1. The minimum Gasteiger partial charge on any atom is -0.446 e. The molecule has 1 N–H and O–H groups in total. The van der Waals surface area contributed by atoms with E-state index in [2.05, 4.69) is 5.32 Å². The summed E-state index contributed by atoms with van der Waals surface area (Å²) in [5.74, 6) is -0.199. The second kappa shape index (κ2) is 9.11. The van der Waals surface area contributed by atoms with Crippen LogP contribution in [0.4, 0.5) is 0 Å². The van der Waals surface area contributed by atoms with E-state index >= 15 is 0 Å². The highest BCUT2D eigenvalue weighted by atomic mass is 32.2. The maximum Gasteiger partial charge on any atom is 0.329 e. The van der Waals surface area contributed by atoms with Gasteiger partial charge in [0.05, 0.1) is 0 Å². The largest absolute Gasteiger partial charge is 0.446 e. The van der Waals surface area contributed by atoms with Gasteiger partial charge >= 0.3 is 5.97 Å². The van der Waals surface area contributed by atoms with Crippen LogP contribution in [0, 0.1) is 18.3 Å². The molecular formula is C16H20N2O3S. The van der Waals surface area contributed by atoms with Crippen molar-refractivity contribution >= 4 is 23.6 Å². The smallest absolute Gasteiger partial charge is 0.329 e. The van der Waals surface area contributed by atoms with Gasteiger partial charge in [0, 0.05) is 5.56 Å². The summed E-state index contributed by atoms with van der Waals surface area (Å²) in [5, 5.41) is 11.4. The summed E-state index contributed by atoms with van der Waals surface area (Å²) >= 11 is 1.57. The Hall–Kier alpha value is -2.00. The van der Waals surface area contributed by atoms with Crippen LogP contribution in [0.2, 0.25) is 0 Å². The minimum absolute atomic E-state index is 0.323. The van der Waals surface area contributed by atoms with Crippen molar-refractivity contribution in [1.82, 2.24) is 5.32 Å². The van der Waals surface area contributed by atoms with Gasteiger partial charge in [-0.1, -0.05) is 17.7 Å². The number of nitriles is 1. The third-order valence-corrected chi connectivity index (χ3v) is 3.60. The van der Waals surface area contributed by atoms with Crippen molar-refractivity contribution in [2.24, 2.45) is 0 Å². The molecule has 22 heavy (non-hydrogen) atoms. The van der Waals surface area contributed by atoms with Crippen molar-refractivity contribution in [3.8, 4) is 6.07 Å². The SMILES string of the molecule is CSCC[C@@H](NC(=O)c1cccc(C)c1)C(=O)O[C@@H](C)C#N. The molecule has 0 aliphatic rings. The molecule has 1 aromatic carbocycles. The fraction of sp³-hybridized carbons (Fsp3) is 0.438. The molecule has 1 rings (SSSR count). The zero-order valence-corrected chi connectivity index (χ0v) is 13.8. The van der Waals surface area contributed by atoms with E-state index in [1.807, 2.05) is 25.3 Å². The second-order valence-electron chi connectivity index (χ2n) is 4.89. The number of nitrogens with one attached hydrogen (secondary N) is 1. The van der Waals surface area contributed by atoms with Crippen LogP contribution in [-0.4, -0.2) is 36.0 Å². The summed E-state index contributed by atoms with van der Waals surface area (Å²) in [5.41, 5.74) is 1.46. The van der Waals surface area contributed by atoms with Crippen LogP contribution < -0.4 is 5.32 Å². The highest BCUT2D eigenvalue weighted by molar-refractivity contribution is 7.98. The molecule has 0 unspecified atom stereocenters. The van der Waals surface area contributed by atoms with Gasteiger partial charge < -0.3 is 10.1 Å². The lowest BCUT2D eigenvalue weighted by atomic mass is 10.1. The van der Waals surface area contributed by atoms with E-state index in [0.29, 0.717) is 17.7 Å². The number of amides is 1. The van der Waals surface area contributed by atoms with Crippen LogP contribution in [0.1, 0.15) is 29.3 Å². The number of carbonyl (C=O) groups is 2. The van der Waals surface area contributed by atoms with Crippen molar-refractivity contribution < 1.29 is 14.3 Å². The Morgan fingerprint density at radius 2 is 2.18 bits per heavy atom. The van der Waals surface area contributed by atoms with Crippen molar-refractivity contribution in [2.75, 3.05) is 12.0 Å². The minimum atomic E-state index is -0.833. The molecule has 118 valence electrons. The molecule has 0 aliphatic carbocycles. The molecule has 1 aromatic rings. The average molecular weight is 320 g/mol. The zero-order valence-electron chi connectivity index (χ0n) is 13.0. The fourth-order valence-electron chi connectivity index (χ4n) is 1.80. The summed E-state index contributed by atoms with van der Waals surface area (Å²) in [6.07, 6.45) is 1.54. The Kier molecular flexibility index (Phi) is 7.47. The van der Waals surface area contributed by atoms with Crippen LogP contribution in [0.25, 0.3) is 0 Å². The number of nitrogens with zero attached hydrogens (tertiary/aromatic N) is 1. The summed E-state index contributed by atoms with van der Waals surface area (Å²) in [7, 11) is 0. The predicted molar refractivity (Wildman–Crippen MR) is 86.6 cm³/mol. The van der Waals surface area contributed by atoms with E-state index < -0.39 is 18.1 Å². The standard InChI is InChI=1S/C16H20N2O3S/c1-11-5-4-6-13(9-11)15(19)18-14(7-8-22-3)16(20)21-12(2)10-17/h4-6,9,12,14H,7-8H2,1-3H3,(H,18,19)/t12-,14+/m0/s1. The Morgan fingerprint density at radius 3 is 2.77 bits per heavy atom. The fourth-order valence-corrected chi connectivity index (χ4v) is 2.27. The Bertz CT molecular complexity index is 569. The number of carbonyl (C=O) groups excluding carboxylic acids is 2. The first-order chi connectivity index (χ1) is 10.5. The summed E-state index contributed by atoms with van der Waals surface area (Å²) in [6, 6.07) is 8.21. The van der Waals surface area contributed by atoms with Gasteiger partial charge in [0.25, 0.3) is 5.91 Å². The van der Waals surface area contributed by atoms with E-state index in [-0.39, 0.29) is 5.91 Å². The molecule has 0 heterocycles. The number of hydrogen-bond acceptors (Lipinski definition) is 5. The van der Waals surface area contributed by atoms with Gasteiger partial charge in [-0.2, -0.15) is 17.0 Å². The highest BCUT2D eigenvalue weighted by Crippen LogP contribution is 2.08. The van der Waals surface area contributed by atoms with Crippen LogP contribution in [0.3, 0.4) is 0 Å².